The highest BCUT2D eigenvalue weighted by Crippen LogP contribution is 2.23. The molecule has 0 bridgehead atoms. The molecule has 4 rings (SSSR count). The molecule has 0 spiro atoms. The summed E-state index contributed by atoms with van der Waals surface area (Å²) in [6.07, 6.45) is 2.42. The van der Waals surface area contributed by atoms with Gasteiger partial charge in [0.05, 0.1) is 0 Å². The first-order valence-corrected chi connectivity index (χ1v) is 10.7. The molecule has 0 radical (unpaired) electrons. The fourth-order valence-corrected chi connectivity index (χ4v) is 4.24. The van der Waals surface area contributed by atoms with E-state index < -0.39 is 0 Å². The Kier molecular flexibility index (Phi) is 6.52. The third kappa shape index (κ3) is 5.12. The summed E-state index contributed by atoms with van der Waals surface area (Å²) in [6, 6.07) is 19.8. The maximum Gasteiger partial charge on any atom is 0.260 e. The summed E-state index contributed by atoms with van der Waals surface area (Å²) in [5.41, 5.74) is 1.10. The molecule has 0 saturated carbocycles. The lowest BCUT2D eigenvalue weighted by Crippen LogP contribution is -2.45. The Morgan fingerprint density at radius 1 is 0.867 bits per heavy atom. The second-order valence-corrected chi connectivity index (χ2v) is 8.04. The maximum absolute atomic E-state index is 13.0. The summed E-state index contributed by atoms with van der Waals surface area (Å²) in [6.45, 7) is 2.83. The van der Waals surface area contributed by atoms with E-state index in [1.165, 1.54) is 0 Å². The standard InChI is InChI=1S/C24H29N3O3/c28-23(18-30-22-9-5-2-6-10-22)26-14-11-19(12-15-26)24(29)27-16-13-21(17-27)25-20-7-3-1-4-8-20/h1-10,19,21,25H,11-18H2. The fraction of sp³-hybridized carbons (Fsp3) is 0.417. The van der Waals surface area contributed by atoms with Crippen LogP contribution in [0.25, 0.3) is 0 Å². The average molecular weight is 408 g/mol. The Bertz CT molecular complexity index is 835. The van der Waals surface area contributed by atoms with Crippen LogP contribution in [-0.2, 0) is 9.59 Å². The summed E-state index contributed by atoms with van der Waals surface area (Å²) in [7, 11) is 0. The van der Waals surface area contributed by atoms with Crippen molar-refractivity contribution in [1.29, 1.82) is 0 Å². The number of hydrogen-bond donors (Lipinski definition) is 1. The van der Waals surface area contributed by atoms with Crippen molar-refractivity contribution in [2.45, 2.75) is 25.3 Å². The summed E-state index contributed by atoms with van der Waals surface area (Å²) >= 11 is 0. The summed E-state index contributed by atoms with van der Waals surface area (Å²) in [5.74, 6) is 0.932. The highest BCUT2D eigenvalue weighted by Gasteiger charge is 2.33. The van der Waals surface area contributed by atoms with Crippen molar-refractivity contribution in [3.05, 3.63) is 60.7 Å². The SMILES string of the molecule is O=C(COc1ccccc1)N1CCC(C(=O)N2CCC(Nc3ccccc3)C2)CC1. The van der Waals surface area contributed by atoms with E-state index in [4.69, 9.17) is 4.74 Å². The summed E-state index contributed by atoms with van der Waals surface area (Å²) in [5, 5.41) is 3.52. The van der Waals surface area contributed by atoms with Crippen LogP contribution < -0.4 is 10.1 Å². The van der Waals surface area contributed by atoms with Gasteiger partial charge in [0.2, 0.25) is 5.91 Å². The van der Waals surface area contributed by atoms with Crippen molar-refractivity contribution in [2.75, 3.05) is 38.1 Å². The molecule has 6 heteroatoms. The molecule has 2 saturated heterocycles. The van der Waals surface area contributed by atoms with E-state index in [0.29, 0.717) is 24.9 Å². The van der Waals surface area contributed by atoms with Gasteiger partial charge in [-0.1, -0.05) is 36.4 Å². The van der Waals surface area contributed by atoms with Crippen LogP contribution in [0, 0.1) is 5.92 Å². The van der Waals surface area contributed by atoms with Gasteiger partial charge >= 0.3 is 0 Å². The third-order valence-electron chi connectivity index (χ3n) is 5.95. The number of amides is 2. The van der Waals surface area contributed by atoms with Crippen molar-refractivity contribution in [1.82, 2.24) is 9.80 Å². The molecule has 2 aromatic carbocycles. The smallest absolute Gasteiger partial charge is 0.260 e. The molecule has 30 heavy (non-hydrogen) atoms. The first-order chi connectivity index (χ1) is 14.7. The van der Waals surface area contributed by atoms with E-state index in [-0.39, 0.29) is 24.3 Å². The zero-order valence-electron chi connectivity index (χ0n) is 17.2. The summed E-state index contributed by atoms with van der Waals surface area (Å²) < 4.78 is 5.56. The minimum atomic E-state index is -0.0157. The van der Waals surface area contributed by atoms with E-state index in [1.54, 1.807) is 0 Å². The minimum absolute atomic E-state index is 0.0135. The number of likely N-dealkylation sites (tertiary alicyclic amines) is 2. The predicted octanol–water partition coefficient (Wildman–Crippen LogP) is 3.02. The third-order valence-corrected chi connectivity index (χ3v) is 5.95. The van der Waals surface area contributed by atoms with Crippen molar-refractivity contribution in [3.8, 4) is 5.75 Å². The Morgan fingerprint density at radius 3 is 2.20 bits per heavy atom. The lowest BCUT2D eigenvalue weighted by Gasteiger charge is -2.33. The van der Waals surface area contributed by atoms with Crippen LogP contribution in [0.5, 0.6) is 5.75 Å². The lowest BCUT2D eigenvalue weighted by molar-refractivity contribution is -0.140. The molecule has 2 aliphatic rings. The molecule has 2 heterocycles. The van der Waals surface area contributed by atoms with Crippen molar-refractivity contribution in [2.24, 2.45) is 5.92 Å². The van der Waals surface area contributed by atoms with Crippen LogP contribution in [0.3, 0.4) is 0 Å². The molecular formula is C24H29N3O3. The number of piperidine rings is 1. The number of anilines is 1. The van der Waals surface area contributed by atoms with Crippen LogP contribution in [0.2, 0.25) is 0 Å². The molecule has 0 aliphatic carbocycles. The van der Waals surface area contributed by atoms with E-state index in [1.807, 2.05) is 58.3 Å². The van der Waals surface area contributed by atoms with Gasteiger partial charge in [0.25, 0.3) is 5.91 Å². The highest BCUT2D eigenvalue weighted by molar-refractivity contribution is 5.81. The normalized spacial score (nSPS) is 19.5. The number of carbonyl (C=O) groups is 2. The van der Waals surface area contributed by atoms with Gasteiger partial charge in [0.15, 0.2) is 6.61 Å². The van der Waals surface area contributed by atoms with Gasteiger partial charge in [-0.15, -0.1) is 0 Å². The zero-order valence-corrected chi connectivity index (χ0v) is 17.2. The van der Waals surface area contributed by atoms with E-state index >= 15 is 0 Å². The number of hydrogen-bond acceptors (Lipinski definition) is 4. The number of benzene rings is 2. The molecule has 2 aromatic rings. The second kappa shape index (κ2) is 9.65. The Hall–Kier alpha value is -3.02. The quantitative estimate of drug-likeness (QED) is 0.800. The number of rotatable bonds is 6. The molecule has 158 valence electrons. The van der Waals surface area contributed by atoms with Crippen LogP contribution >= 0.6 is 0 Å². The van der Waals surface area contributed by atoms with Gasteiger partial charge in [-0.25, -0.2) is 0 Å². The molecule has 2 fully saturated rings. The number of carbonyl (C=O) groups excluding carboxylic acids is 2. The van der Waals surface area contributed by atoms with E-state index in [0.717, 1.165) is 38.0 Å². The van der Waals surface area contributed by atoms with Crippen LogP contribution in [0.4, 0.5) is 5.69 Å². The maximum atomic E-state index is 13.0. The Labute approximate surface area is 177 Å². The predicted molar refractivity (Wildman–Crippen MR) is 116 cm³/mol. The van der Waals surface area contributed by atoms with Gasteiger partial charge in [0, 0.05) is 43.8 Å². The summed E-state index contributed by atoms with van der Waals surface area (Å²) in [4.78, 5) is 29.2. The monoisotopic (exact) mass is 407 g/mol. The van der Waals surface area contributed by atoms with Gasteiger partial charge in [0.1, 0.15) is 5.75 Å². The molecule has 2 amide bonds. The van der Waals surface area contributed by atoms with Crippen LogP contribution in [0.15, 0.2) is 60.7 Å². The van der Waals surface area contributed by atoms with Crippen molar-refractivity contribution < 1.29 is 14.3 Å². The fourth-order valence-electron chi connectivity index (χ4n) is 4.24. The minimum Gasteiger partial charge on any atom is -0.484 e. The second-order valence-electron chi connectivity index (χ2n) is 8.04. The molecule has 2 aliphatic heterocycles. The van der Waals surface area contributed by atoms with E-state index in [2.05, 4.69) is 17.4 Å². The van der Waals surface area contributed by atoms with Gasteiger partial charge in [-0.3, -0.25) is 9.59 Å². The molecule has 1 atom stereocenters. The molecule has 1 unspecified atom stereocenters. The number of nitrogens with zero attached hydrogens (tertiary/aromatic N) is 2. The van der Waals surface area contributed by atoms with Crippen LogP contribution in [0.1, 0.15) is 19.3 Å². The molecular weight excluding hydrogens is 378 g/mol. The van der Waals surface area contributed by atoms with Gasteiger partial charge < -0.3 is 19.9 Å². The van der Waals surface area contributed by atoms with Crippen molar-refractivity contribution >= 4 is 17.5 Å². The lowest BCUT2D eigenvalue weighted by atomic mass is 9.95. The number of nitrogens with one attached hydrogen (secondary N) is 1. The van der Waals surface area contributed by atoms with E-state index in [9.17, 15) is 9.59 Å². The Morgan fingerprint density at radius 2 is 1.50 bits per heavy atom. The van der Waals surface area contributed by atoms with Gasteiger partial charge in [-0.2, -0.15) is 0 Å². The van der Waals surface area contributed by atoms with Crippen molar-refractivity contribution in [3.63, 3.8) is 0 Å². The van der Waals surface area contributed by atoms with Gasteiger partial charge in [-0.05, 0) is 43.5 Å². The molecule has 6 nitrogen and oxygen atoms in total. The Balaban J connectivity index is 1.20. The number of para-hydroxylation sites is 2. The zero-order chi connectivity index (χ0) is 20.8. The number of ether oxygens (including phenoxy) is 1. The molecule has 1 N–H and O–H groups in total. The average Bonchev–Trinajstić information content (AvgIpc) is 3.27. The first-order valence-electron chi connectivity index (χ1n) is 10.7. The highest BCUT2D eigenvalue weighted by atomic mass is 16.5. The van der Waals surface area contributed by atoms with Crippen LogP contribution in [-0.4, -0.2) is 60.4 Å². The topological polar surface area (TPSA) is 61.9 Å². The molecule has 0 aromatic heterocycles. The largest absolute Gasteiger partial charge is 0.484 e. The first kappa shape index (κ1) is 20.3.